The second-order valence-electron chi connectivity index (χ2n) is 8.09. The molecule has 2 aromatic heterocycles. The molecule has 1 aliphatic rings. The SMILES string of the molecule is O=C(Cn1ccc2cc([N+](=O)[O-])ccc21)Nc1ccc(Cl)c(-c2nnc3n2CCCCC3)c1. The molecule has 2 aromatic carbocycles. The number of aromatic nitrogens is 4. The van der Waals surface area contributed by atoms with Gasteiger partial charge >= 0.3 is 0 Å². The van der Waals surface area contributed by atoms with E-state index in [1.54, 1.807) is 35.0 Å². The van der Waals surface area contributed by atoms with Crippen molar-refractivity contribution < 1.29 is 9.72 Å². The summed E-state index contributed by atoms with van der Waals surface area (Å²) >= 11 is 6.48. The fourth-order valence-electron chi connectivity index (χ4n) is 4.25. The minimum absolute atomic E-state index is 0.0183. The highest BCUT2D eigenvalue weighted by Gasteiger charge is 2.19. The molecule has 0 spiro atoms. The van der Waals surface area contributed by atoms with Crippen LogP contribution in [0.5, 0.6) is 0 Å². The molecule has 0 saturated heterocycles. The van der Waals surface area contributed by atoms with E-state index >= 15 is 0 Å². The molecule has 1 aliphatic heterocycles. The monoisotopic (exact) mass is 464 g/mol. The summed E-state index contributed by atoms with van der Waals surface area (Å²) in [6, 6.07) is 11.7. The van der Waals surface area contributed by atoms with Crippen LogP contribution >= 0.6 is 11.6 Å². The Bertz CT molecular complexity index is 1380. The zero-order chi connectivity index (χ0) is 22.9. The number of anilines is 1. The second kappa shape index (κ2) is 8.67. The van der Waals surface area contributed by atoms with E-state index in [1.165, 1.54) is 12.1 Å². The standard InChI is InChI=1S/C23H21ClN6O3/c24-19-7-5-16(13-18(19)23-27-26-21-4-2-1-3-10-29(21)23)25-22(31)14-28-11-9-15-12-17(30(32)33)6-8-20(15)28/h5-9,11-13H,1-4,10,14H2,(H,25,31). The minimum atomic E-state index is -0.435. The molecule has 33 heavy (non-hydrogen) atoms. The number of fused-ring (bicyclic) bond motifs is 2. The third-order valence-corrected chi connectivity index (χ3v) is 6.21. The number of halogens is 1. The lowest BCUT2D eigenvalue weighted by Crippen LogP contribution is -2.18. The molecule has 0 saturated carbocycles. The summed E-state index contributed by atoms with van der Waals surface area (Å²) in [5.41, 5.74) is 2.11. The molecule has 0 bridgehead atoms. The second-order valence-corrected chi connectivity index (χ2v) is 8.50. The number of nitrogens with one attached hydrogen (secondary N) is 1. The quantitative estimate of drug-likeness (QED) is 0.336. The van der Waals surface area contributed by atoms with Gasteiger partial charge in [-0.15, -0.1) is 10.2 Å². The summed E-state index contributed by atoms with van der Waals surface area (Å²) in [7, 11) is 0. The Kier molecular flexibility index (Phi) is 5.55. The number of nitro benzene ring substituents is 1. The number of nitro groups is 1. The molecule has 3 heterocycles. The Morgan fingerprint density at radius 3 is 2.85 bits per heavy atom. The fourth-order valence-corrected chi connectivity index (χ4v) is 4.45. The summed E-state index contributed by atoms with van der Waals surface area (Å²) in [5.74, 6) is 1.46. The Morgan fingerprint density at radius 2 is 2.00 bits per heavy atom. The first-order valence-electron chi connectivity index (χ1n) is 10.7. The van der Waals surface area contributed by atoms with Crippen molar-refractivity contribution in [2.45, 2.75) is 38.8 Å². The maximum absolute atomic E-state index is 12.8. The van der Waals surface area contributed by atoms with Crippen LogP contribution in [0, 0.1) is 10.1 Å². The van der Waals surface area contributed by atoms with Gasteiger partial charge in [0, 0.05) is 53.4 Å². The molecule has 1 N–H and O–H groups in total. The lowest BCUT2D eigenvalue weighted by atomic mass is 10.1. The zero-order valence-electron chi connectivity index (χ0n) is 17.7. The molecular formula is C23H21ClN6O3. The van der Waals surface area contributed by atoms with Crippen molar-refractivity contribution >= 4 is 39.8 Å². The first kappa shape index (κ1) is 21.1. The number of nitrogens with zero attached hydrogens (tertiary/aromatic N) is 5. The van der Waals surface area contributed by atoms with Crippen LogP contribution in [0.3, 0.4) is 0 Å². The molecule has 1 amide bonds. The van der Waals surface area contributed by atoms with Crippen LogP contribution in [0.1, 0.15) is 25.1 Å². The van der Waals surface area contributed by atoms with E-state index in [0.29, 0.717) is 21.9 Å². The van der Waals surface area contributed by atoms with Crippen LogP contribution in [0.15, 0.2) is 48.7 Å². The average molecular weight is 465 g/mol. The normalized spacial score (nSPS) is 13.5. The molecule has 168 valence electrons. The Labute approximate surface area is 194 Å². The van der Waals surface area contributed by atoms with Gasteiger partial charge in [0.1, 0.15) is 12.4 Å². The van der Waals surface area contributed by atoms with Crippen LogP contribution in [0.4, 0.5) is 11.4 Å². The van der Waals surface area contributed by atoms with E-state index in [4.69, 9.17) is 11.6 Å². The highest BCUT2D eigenvalue weighted by molar-refractivity contribution is 6.33. The lowest BCUT2D eigenvalue weighted by molar-refractivity contribution is -0.384. The first-order valence-corrected chi connectivity index (χ1v) is 11.1. The molecule has 0 fully saturated rings. The van der Waals surface area contributed by atoms with Crippen molar-refractivity contribution in [2.75, 3.05) is 5.32 Å². The van der Waals surface area contributed by atoms with E-state index in [-0.39, 0.29) is 18.1 Å². The highest BCUT2D eigenvalue weighted by atomic mass is 35.5. The van der Waals surface area contributed by atoms with E-state index < -0.39 is 4.92 Å². The number of non-ortho nitro benzene ring substituents is 1. The third kappa shape index (κ3) is 4.19. The van der Waals surface area contributed by atoms with Crippen LogP contribution < -0.4 is 5.32 Å². The zero-order valence-corrected chi connectivity index (χ0v) is 18.5. The summed E-state index contributed by atoms with van der Waals surface area (Å²) in [6.07, 6.45) is 5.97. The summed E-state index contributed by atoms with van der Waals surface area (Å²) in [6.45, 7) is 0.920. The fraction of sp³-hybridized carbons (Fsp3) is 0.261. The number of carbonyl (C=O) groups excluding carboxylic acids is 1. The van der Waals surface area contributed by atoms with Gasteiger partial charge in [0.05, 0.1) is 9.95 Å². The molecule has 5 rings (SSSR count). The molecule has 10 heteroatoms. The number of carbonyl (C=O) groups is 1. The van der Waals surface area contributed by atoms with Crippen molar-refractivity contribution in [3.05, 3.63) is 69.6 Å². The predicted molar refractivity (Wildman–Crippen MR) is 125 cm³/mol. The van der Waals surface area contributed by atoms with Crippen molar-refractivity contribution in [1.29, 1.82) is 0 Å². The number of benzene rings is 2. The number of aryl methyl sites for hydroxylation is 1. The van der Waals surface area contributed by atoms with Gasteiger partial charge in [0.15, 0.2) is 5.82 Å². The van der Waals surface area contributed by atoms with Crippen LogP contribution in [-0.4, -0.2) is 30.2 Å². The van der Waals surface area contributed by atoms with Crippen LogP contribution in [0.25, 0.3) is 22.3 Å². The Morgan fingerprint density at radius 1 is 1.12 bits per heavy atom. The smallest absolute Gasteiger partial charge is 0.270 e. The third-order valence-electron chi connectivity index (χ3n) is 5.88. The summed E-state index contributed by atoms with van der Waals surface area (Å²) in [4.78, 5) is 23.3. The van der Waals surface area contributed by atoms with Gasteiger partial charge in [0.2, 0.25) is 5.91 Å². The number of rotatable bonds is 5. The highest BCUT2D eigenvalue weighted by Crippen LogP contribution is 2.31. The maximum atomic E-state index is 12.8. The molecule has 9 nitrogen and oxygen atoms in total. The molecule has 0 radical (unpaired) electrons. The van der Waals surface area contributed by atoms with Crippen molar-refractivity contribution in [3.63, 3.8) is 0 Å². The average Bonchev–Trinajstić information content (AvgIpc) is 3.30. The molecular weight excluding hydrogens is 444 g/mol. The van der Waals surface area contributed by atoms with E-state index in [0.717, 1.165) is 49.1 Å². The topological polar surface area (TPSA) is 108 Å². The maximum Gasteiger partial charge on any atom is 0.270 e. The van der Waals surface area contributed by atoms with Gasteiger partial charge in [-0.3, -0.25) is 14.9 Å². The van der Waals surface area contributed by atoms with Gasteiger partial charge in [-0.1, -0.05) is 18.0 Å². The largest absolute Gasteiger partial charge is 0.338 e. The van der Waals surface area contributed by atoms with E-state index in [2.05, 4.69) is 20.1 Å². The molecule has 4 aromatic rings. The van der Waals surface area contributed by atoms with Gasteiger partial charge in [0.25, 0.3) is 5.69 Å². The van der Waals surface area contributed by atoms with Crippen LogP contribution in [0.2, 0.25) is 5.02 Å². The first-order chi connectivity index (χ1) is 16.0. The molecule has 0 unspecified atom stereocenters. The summed E-state index contributed by atoms with van der Waals surface area (Å²) < 4.78 is 3.87. The predicted octanol–water partition coefficient (Wildman–Crippen LogP) is 4.83. The lowest BCUT2D eigenvalue weighted by Gasteiger charge is -2.12. The molecule has 0 aliphatic carbocycles. The Hall–Kier alpha value is -3.72. The van der Waals surface area contributed by atoms with Crippen molar-refractivity contribution in [3.8, 4) is 11.4 Å². The van der Waals surface area contributed by atoms with Crippen LogP contribution in [-0.2, 0) is 24.3 Å². The van der Waals surface area contributed by atoms with Gasteiger partial charge in [-0.25, -0.2) is 0 Å². The van der Waals surface area contributed by atoms with Crippen molar-refractivity contribution in [1.82, 2.24) is 19.3 Å². The van der Waals surface area contributed by atoms with Crippen molar-refractivity contribution in [2.24, 2.45) is 0 Å². The van der Waals surface area contributed by atoms with E-state index in [1.807, 2.05) is 6.07 Å². The molecule has 0 atom stereocenters. The minimum Gasteiger partial charge on any atom is -0.338 e. The Balaban J connectivity index is 1.36. The van der Waals surface area contributed by atoms with Gasteiger partial charge in [-0.2, -0.15) is 0 Å². The number of hydrogen-bond donors (Lipinski definition) is 1. The van der Waals surface area contributed by atoms with E-state index in [9.17, 15) is 14.9 Å². The van der Waals surface area contributed by atoms with Gasteiger partial charge < -0.3 is 14.5 Å². The number of hydrogen-bond acceptors (Lipinski definition) is 5. The summed E-state index contributed by atoms with van der Waals surface area (Å²) in [5, 5.41) is 23.9. The number of amides is 1. The van der Waals surface area contributed by atoms with Gasteiger partial charge in [-0.05, 0) is 43.2 Å².